The van der Waals surface area contributed by atoms with E-state index in [1.165, 1.54) is 24.9 Å². The van der Waals surface area contributed by atoms with E-state index in [0.29, 0.717) is 11.2 Å². The minimum Gasteiger partial charge on any atom is -0.361 e. The quantitative estimate of drug-likeness (QED) is 0.828. The zero-order valence-electron chi connectivity index (χ0n) is 11.8. The Labute approximate surface area is 121 Å². The molecule has 1 atom stereocenters. The van der Waals surface area contributed by atoms with Crippen molar-refractivity contribution in [2.24, 2.45) is 0 Å². The van der Waals surface area contributed by atoms with Crippen molar-refractivity contribution in [1.82, 2.24) is 10.2 Å². The second-order valence-corrected chi connectivity index (χ2v) is 5.53. The highest BCUT2D eigenvalue weighted by molar-refractivity contribution is 7.80. The third-order valence-corrected chi connectivity index (χ3v) is 3.96. The van der Waals surface area contributed by atoms with Gasteiger partial charge in [0, 0.05) is 18.3 Å². The number of likely N-dealkylation sites (N-methyl/N-ethyl adjacent to an activating group) is 1. The van der Waals surface area contributed by atoms with Gasteiger partial charge in [-0.2, -0.15) is 0 Å². The summed E-state index contributed by atoms with van der Waals surface area (Å²) in [5.41, 5.74) is 2.30. The van der Waals surface area contributed by atoms with Crippen molar-refractivity contribution in [1.29, 1.82) is 0 Å². The largest absolute Gasteiger partial charge is 0.361 e. The van der Waals surface area contributed by atoms with Gasteiger partial charge >= 0.3 is 0 Å². The average molecular weight is 277 g/mol. The Bertz CT molecular complexity index is 416. The summed E-state index contributed by atoms with van der Waals surface area (Å²) in [5.74, 6) is 0. The van der Waals surface area contributed by atoms with Crippen LogP contribution in [0.25, 0.3) is 0 Å². The number of likely N-dealkylation sites (tertiary alicyclic amines) is 1. The lowest BCUT2D eigenvalue weighted by Crippen LogP contribution is -2.41. The summed E-state index contributed by atoms with van der Waals surface area (Å²) in [6, 6.07) is 8.90. The number of benzene rings is 1. The van der Waals surface area contributed by atoms with Gasteiger partial charge in [0.2, 0.25) is 0 Å². The molecule has 2 rings (SSSR count). The summed E-state index contributed by atoms with van der Waals surface area (Å²) in [7, 11) is 0. The van der Waals surface area contributed by atoms with Crippen molar-refractivity contribution >= 4 is 23.0 Å². The molecule has 0 aromatic heterocycles. The lowest BCUT2D eigenvalue weighted by Gasteiger charge is -2.23. The Morgan fingerprint density at radius 2 is 2.11 bits per heavy atom. The highest BCUT2D eigenvalue weighted by atomic mass is 32.1. The number of hydrogen-bond acceptors (Lipinski definition) is 2. The van der Waals surface area contributed by atoms with E-state index >= 15 is 0 Å². The number of nitrogens with zero attached hydrogens (tertiary/aromatic N) is 1. The second-order valence-electron chi connectivity index (χ2n) is 5.13. The summed E-state index contributed by atoms with van der Waals surface area (Å²) >= 11 is 5.34. The molecule has 4 heteroatoms. The number of hydrogen-bond donors (Lipinski definition) is 2. The van der Waals surface area contributed by atoms with Gasteiger partial charge in [0.15, 0.2) is 5.11 Å². The van der Waals surface area contributed by atoms with Crippen LogP contribution in [-0.2, 0) is 0 Å². The molecule has 104 valence electrons. The second kappa shape index (κ2) is 6.87. The fraction of sp³-hybridized carbons (Fsp3) is 0.533. The van der Waals surface area contributed by atoms with E-state index in [9.17, 15) is 0 Å². The summed E-state index contributed by atoms with van der Waals surface area (Å²) in [5, 5.41) is 7.27. The number of nitrogens with one attached hydrogen (secondary N) is 2. The monoisotopic (exact) mass is 277 g/mol. The number of thiocarbonyl (C=S) groups is 1. The van der Waals surface area contributed by atoms with Gasteiger partial charge in [-0.1, -0.05) is 24.6 Å². The SMILES string of the molecule is CCN1CCC[C@H]1CNC(=S)Nc1ccc(C)cc1. The lowest BCUT2D eigenvalue weighted by molar-refractivity contribution is 0.267. The van der Waals surface area contributed by atoms with Crippen molar-refractivity contribution in [3.05, 3.63) is 29.8 Å². The maximum Gasteiger partial charge on any atom is 0.170 e. The molecule has 0 spiro atoms. The van der Waals surface area contributed by atoms with Crippen molar-refractivity contribution in [2.45, 2.75) is 32.7 Å². The Hall–Kier alpha value is -1.13. The van der Waals surface area contributed by atoms with Gasteiger partial charge in [-0.05, 0) is 57.2 Å². The fourth-order valence-corrected chi connectivity index (χ4v) is 2.77. The Morgan fingerprint density at radius 1 is 1.37 bits per heavy atom. The van der Waals surface area contributed by atoms with Crippen LogP contribution in [0.2, 0.25) is 0 Å². The van der Waals surface area contributed by atoms with E-state index < -0.39 is 0 Å². The van der Waals surface area contributed by atoms with Crippen molar-refractivity contribution in [2.75, 3.05) is 25.0 Å². The first-order chi connectivity index (χ1) is 9.19. The molecule has 0 amide bonds. The van der Waals surface area contributed by atoms with E-state index in [2.05, 4.69) is 53.6 Å². The van der Waals surface area contributed by atoms with Gasteiger partial charge in [-0.25, -0.2) is 0 Å². The molecule has 0 saturated carbocycles. The first-order valence-electron chi connectivity index (χ1n) is 7.04. The third-order valence-electron chi connectivity index (χ3n) is 3.71. The smallest absolute Gasteiger partial charge is 0.170 e. The average Bonchev–Trinajstić information content (AvgIpc) is 2.86. The molecule has 1 saturated heterocycles. The standard InChI is InChI=1S/C15H23N3S/c1-3-18-10-4-5-14(18)11-16-15(19)17-13-8-6-12(2)7-9-13/h6-9,14H,3-5,10-11H2,1-2H3,(H2,16,17,19)/t14-/m0/s1. The summed E-state index contributed by atoms with van der Waals surface area (Å²) in [4.78, 5) is 2.52. The van der Waals surface area contributed by atoms with Gasteiger partial charge in [0.1, 0.15) is 0 Å². The van der Waals surface area contributed by atoms with E-state index in [1.54, 1.807) is 0 Å². The van der Waals surface area contributed by atoms with E-state index in [0.717, 1.165) is 18.8 Å². The summed E-state index contributed by atoms with van der Waals surface area (Å²) in [6.45, 7) is 7.60. The molecule has 1 aliphatic heterocycles. The van der Waals surface area contributed by atoms with Crippen LogP contribution >= 0.6 is 12.2 Å². The maximum atomic E-state index is 5.34. The fourth-order valence-electron chi connectivity index (χ4n) is 2.57. The van der Waals surface area contributed by atoms with Crippen LogP contribution in [0.3, 0.4) is 0 Å². The van der Waals surface area contributed by atoms with Crippen LogP contribution in [-0.4, -0.2) is 35.7 Å². The highest BCUT2D eigenvalue weighted by Crippen LogP contribution is 2.15. The van der Waals surface area contributed by atoms with Gasteiger partial charge in [0.25, 0.3) is 0 Å². The minimum atomic E-state index is 0.628. The molecule has 1 heterocycles. The zero-order valence-corrected chi connectivity index (χ0v) is 12.6. The molecule has 0 radical (unpaired) electrons. The summed E-state index contributed by atoms with van der Waals surface area (Å²) < 4.78 is 0. The predicted octanol–water partition coefficient (Wildman–Crippen LogP) is 2.77. The predicted molar refractivity (Wildman–Crippen MR) is 85.7 cm³/mol. The van der Waals surface area contributed by atoms with E-state index in [4.69, 9.17) is 12.2 Å². The van der Waals surface area contributed by atoms with Gasteiger partial charge in [-0.15, -0.1) is 0 Å². The Morgan fingerprint density at radius 3 is 2.79 bits per heavy atom. The van der Waals surface area contributed by atoms with E-state index in [-0.39, 0.29) is 0 Å². The molecule has 0 unspecified atom stereocenters. The van der Waals surface area contributed by atoms with Crippen molar-refractivity contribution < 1.29 is 0 Å². The number of rotatable bonds is 4. The molecule has 2 N–H and O–H groups in total. The van der Waals surface area contributed by atoms with Crippen molar-refractivity contribution in [3.63, 3.8) is 0 Å². The van der Waals surface area contributed by atoms with Crippen LogP contribution in [0.4, 0.5) is 5.69 Å². The molecule has 19 heavy (non-hydrogen) atoms. The van der Waals surface area contributed by atoms with Crippen molar-refractivity contribution in [3.8, 4) is 0 Å². The molecular formula is C15H23N3S. The minimum absolute atomic E-state index is 0.628. The molecule has 1 aliphatic rings. The summed E-state index contributed by atoms with van der Waals surface area (Å²) in [6.07, 6.45) is 2.58. The first kappa shape index (κ1) is 14.3. The molecule has 3 nitrogen and oxygen atoms in total. The Kier molecular flexibility index (Phi) is 5.16. The third kappa shape index (κ3) is 4.18. The maximum absolute atomic E-state index is 5.34. The van der Waals surface area contributed by atoms with Crippen LogP contribution < -0.4 is 10.6 Å². The molecule has 1 fully saturated rings. The highest BCUT2D eigenvalue weighted by Gasteiger charge is 2.22. The van der Waals surface area contributed by atoms with Gasteiger partial charge < -0.3 is 10.6 Å². The van der Waals surface area contributed by atoms with Crippen LogP contribution in [0.15, 0.2) is 24.3 Å². The number of anilines is 1. The first-order valence-corrected chi connectivity index (χ1v) is 7.45. The van der Waals surface area contributed by atoms with Crippen LogP contribution in [0.1, 0.15) is 25.3 Å². The molecule has 0 bridgehead atoms. The molecular weight excluding hydrogens is 254 g/mol. The van der Waals surface area contributed by atoms with Crippen LogP contribution in [0.5, 0.6) is 0 Å². The lowest BCUT2D eigenvalue weighted by atomic mass is 10.2. The van der Waals surface area contributed by atoms with Crippen LogP contribution in [0, 0.1) is 6.92 Å². The normalized spacial score (nSPS) is 19.4. The molecule has 1 aromatic carbocycles. The molecule has 1 aromatic rings. The van der Waals surface area contributed by atoms with Gasteiger partial charge in [-0.3, -0.25) is 4.90 Å². The van der Waals surface area contributed by atoms with E-state index in [1.807, 2.05) is 0 Å². The molecule has 0 aliphatic carbocycles. The number of aryl methyl sites for hydroxylation is 1. The van der Waals surface area contributed by atoms with Gasteiger partial charge in [0.05, 0.1) is 0 Å². The zero-order chi connectivity index (χ0) is 13.7. The topological polar surface area (TPSA) is 27.3 Å². The Balaban J connectivity index is 1.77.